The predicted molar refractivity (Wildman–Crippen MR) is 88.8 cm³/mol. The van der Waals surface area contributed by atoms with E-state index in [9.17, 15) is 4.79 Å². The molecule has 0 aliphatic carbocycles. The van der Waals surface area contributed by atoms with Crippen LogP contribution in [0.15, 0.2) is 54.9 Å². The van der Waals surface area contributed by atoms with Crippen molar-refractivity contribution in [2.24, 2.45) is 5.92 Å². The summed E-state index contributed by atoms with van der Waals surface area (Å²) in [4.78, 5) is 18.8. The number of hydrogen-bond acceptors (Lipinski definition) is 4. The third-order valence-electron chi connectivity index (χ3n) is 4.37. The molecule has 1 aromatic carbocycles. The molecule has 0 amide bonds. The summed E-state index contributed by atoms with van der Waals surface area (Å²) in [6.45, 7) is 4.74. The molecule has 2 heterocycles. The van der Waals surface area contributed by atoms with Crippen molar-refractivity contribution >= 4 is 5.97 Å². The Morgan fingerprint density at radius 3 is 2.61 bits per heavy atom. The molecule has 120 valence electrons. The molecule has 2 atom stereocenters. The van der Waals surface area contributed by atoms with Gasteiger partial charge in [0.25, 0.3) is 0 Å². The van der Waals surface area contributed by atoms with Crippen LogP contribution in [0.25, 0.3) is 0 Å². The van der Waals surface area contributed by atoms with Crippen LogP contribution < -0.4 is 0 Å². The zero-order valence-electron chi connectivity index (χ0n) is 13.4. The van der Waals surface area contributed by atoms with Crippen molar-refractivity contribution in [1.29, 1.82) is 0 Å². The van der Waals surface area contributed by atoms with E-state index < -0.39 is 0 Å². The zero-order chi connectivity index (χ0) is 16.1. The Morgan fingerprint density at radius 2 is 1.91 bits per heavy atom. The molecule has 1 aliphatic rings. The van der Waals surface area contributed by atoms with Gasteiger partial charge in [-0.15, -0.1) is 0 Å². The SMILES string of the molecule is CCOC(=O)[C@H]1CN(Cc2ccccc2)C[C@@H]1c1ccncc1. The minimum atomic E-state index is -0.110. The maximum Gasteiger partial charge on any atom is 0.310 e. The number of hydrogen-bond donors (Lipinski definition) is 0. The molecule has 0 saturated carbocycles. The quantitative estimate of drug-likeness (QED) is 0.797. The first kappa shape index (κ1) is 15.7. The highest BCUT2D eigenvalue weighted by Gasteiger charge is 2.39. The van der Waals surface area contributed by atoms with Gasteiger partial charge in [-0.3, -0.25) is 14.7 Å². The minimum Gasteiger partial charge on any atom is -0.466 e. The second-order valence-electron chi connectivity index (χ2n) is 5.93. The Hall–Kier alpha value is -2.20. The molecule has 0 bridgehead atoms. The van der Waals surface area contributed by atoms with E-state index in [0.29, 0.717) is 6.61 Å². The lowest BCUT2D eigenvalue weighted by Crippen LogP contribution is -2.25. The van der Waals surface area contributed by atoms with Crippen molar-refractivity contribution in [3.05, 3.63) is 66.0 Å². The molecule has 4 nitrogen and oxygen atoms in total. The highest BCUT2D eigenvalue weighted by molar-refractivity contribution is 5.74. The molecular weight excluding hydrogens is 288 g/mol. The topological polar surface area (TPSA) is 42.4 Å². The highest BCUT2D eigenvalue weighted by Crippen LogP contribution is 2.34. The smallest absolute Gasteiger partial charge is 0.310 e. The van der Waals surface area contributed by atoms with Gasteiger partial charge < -0.3 is 4.74 Å². The second kappa shape index (κ2) is 7.38. The predicted octanol–water partition coefficient (Wildman–Crippen LogP) is 2.86. The molecule has 0 radical (unpaired) electrons. The maximum absolute atomic E-state index is 12.4. The number of aromatic nitrogens is 1. The van der Waals surface area contributed by atoms with Crippen LogP contribution in [-0.4, -0.2) is 35.5 Å². The van der Waals surface area contributed by atoms with Gasteiger partial charge >= 0.3 is 5.97 Å². The number of benzene rings is 1. The molecule has 0 N–H and O–H groups in total. The number of likely N-dealkylation sites (tertiary alicyclic amines) is 1. The summed E-state index contributed by atoms with van der Waals surface area (Å²) >= 11 is 0. The number of ether oxygens (including phenoxy) is 1. The largest absolute Gasteiger partial charge is 0.466 e. The van der Waals surface area contributed by atoms with Gasteiger partial charge in [0.2, 0.25) is 0 Å². The summed E-state index contributed by atoms with van der Waals surface area (Å²) in [7, 11) is 0. The fourth-order valence-electron chi connectivity index (χ4n) is 3.29. The van der Waals surface area contributed by atoms with Gasteiger partial charge in [0.15, 0.2) is 0 Å². The molecule has 0 unspecified atom stereocenters. The van der Waals surface area contributed by atoms with Gasteiger partial charge in [0, 0.05) is 37.9 Å². The second-order valence-corrected chi connectivity index (χ2v) is 5.93. The highest BCUT2D eigenvalue weighted by atomic mass is 16.5. The van der Waals surface area contributed by atoms with Crippen LogP contribution in [0.5, 0.6) is 0 Å². The molecule has 4 heteroatoms. The fourth-order valence-corrected chi connectivity index (χ4v) is 3.29. The third kappa shape index (κ3) is 3.77. The van der Waals surface area contributed by atoms with Crippen molar-refractivity contribution in [2.75, 3.05) is 19.7 Å². The van der Waals surface area contributed by atoms with Crippen molar-refractivity contribution in [2.45, 2.75) is 19.4 Å². The minimum absolute atomic E-state index is 0.0927. The number of carbonyl (C=O) groups is 1. The lowest BCUT2D eigenvalue weighted by atomic mass is 9.90. The maximum atomic E-state index is 12.4. The van der Waals surface area contributed by atoms with E-state index in [4.69, 9.17) is 4.74 Å². The Balaban J connectivity index is 1.77. The van der Waals surface area contributed by atoms with E-state index in [1.165, 1.54) is 5.56 Å². The zero-order valence-corrected chi connectivity index (χ0v) is 13.4. The first-order valence-corrected chi connectivity index (χ1v) is 8.10. The van der Waals surface area contributed by atoms with Crippen LogP contribution in [-0.2, 0) is 16.1 Å². The Bertz CT molecular complexity index is 630. The van der Waals surface area contributed by atoms with Crippen LogP contribution in [0.4, 0.5) is 0 Å². The third-order valence-corrected chi connectivity index (χ3v) is 4.37. The van der Waals surface area contributed by atoms with Gasteiger partial charge in [-0.2, -0.15) is 0 Å². The monoisotopic (exact) mass is 310 g/mol. The first-order valence-electron chi connectivity index (χ1n) is 8.10. The van der Waals surface area contributed by atoms with E-state index >= 15 is 0 Å². The molecule has 1 aliphatic heterocycles. The number of rotatable bonds is 5. The normalized spacial score (nSPS) is 21.3. The summed E-state index contributed by atoms with van der Waals surface area (Å²) < 4.78 is 5.29. The standard InChI is InChI=1S/C19H22N2O2/c1-2-23-19(22)18-14-21(12-15-6-4-3-5-7-15)13-17(18)16-8-10-20-11-9-16/h3-11,17-18H,2,12-14H2,1H3/t17-,18+/m1/s1. The van der Waals surface area contributed by atoms with Gasteiger partial charge in [-0.05, 0) is 30.2 Å². The molecule has 1 saturated heterocycles. The lowest BCUT2D eigenvalue weighted by Gasteiger charge is -2.17. The van der Waals surface area contributed by atoms with Crippen molar-refractivity contribution in [3.8, 4) is 0 Å². The average molecular weight is 310 g/mol. The molecular formula is C19H22N2O2. The first-order chi connectivity index (χ1) is 11.3. The van der Waals surface area contributed by atoms with E-state index in [1.807, 2.05) is 25.1 Å². The van der Waals surface area contributed by atoms with Crippen molar-refractivity contribution < 1.29 is 9.53 Å². The number of esters is 1. The van der Waals surface area contributed by atoms with E-state index in [0.717, 1.165) is 25.2 Å². The lowest BCUT2D eigenvalue weighted by molar-refractivity contribution is -0.148. The molecule has 23 heavy (non-hydrogen) atoms. The fraction of sp³-hybridized carbons (Fsp3) is 0.368. The number of pyridine rings is 1. The van der Waals surface area contributed by atoms with Crippen LogP contribution in [0.3, 0.4) is 0 Å². The van der Waals surface area contributed by atoms with Crippen LogP contribution in [0.1, 0.15) is 24.0 Å². The van der Waals surface area contributed by atoms with E-state index in [-0.39, 0.29) is 17.8 Å². The summed E-state index contributed by atoms with van der Waals surface area (Å²) in [6, 6.07) is 14.4. The Morgan fingerprint density at radius 1 is 1.17 bits per heavy atom. The van der Waals surface area contributed by atoms with Gasteiger partial charge in [-0.1, -0.05) is 30.3 Å². The molecule has 1 aromatic heterocycles. The molecule has 3 rings (SSSR count). The summed E-state index contributed by atoms with van der Waals surface area (Å²) in [6.07, 6.45) is 3.58. The Labute approximate surface area is 137 Å². The van der Waals surface area contributed by atoms with Crippen LogP contribution >= 0.6 is 0 Å². The average Bonchev–Trinajstić information content (AvgIpc) is 3.01. The summed E-state index contributed by atoms with van der Waals surface area (Å²) in [5.41, 5.74) is 2.43. The number of nitrogens with zero attached hydrogens (tertiary/aromatic N) is 2. The van der Waals surface area contributed by atoms with E-state index in [1.54, 1.807) is 12.4 Å². The summed E-state index contributed by atoms with van der Waals surface area (Å²) in [5.74, 6) is -0.0355. The van der Waals surface area contributed by atoms with E-state index in [2.05, 4.69) is 34.1 Å². The summed E-state index contributed by atoms with van der Waals surface area (Å²) in [5, 5.41) is 0. The number of carbonyl (C=O) groups excluding carboxylic acids is 1. The van der Waals surface area contributed by atoms with Gasteiger partial charge in [0.1, 0.15) is 0 Å². The molecule has 1 fully saturated rings. The van der Waals surface area contributed by atoms with Crippen LogP contribution in [0.2, 0.25) is 0 Å². The van der Waals surface area contributed by atoms with Gasteiger partial charge in [-0.25, -0.2) is 0 Å². The Kier molecular flexibility index (Phi) is 5.03. The van der Waals surface area contributed by atoms with Crippen molar-refractivity contribution in [3.63, 3.8) is 0 Å². The molecule has 0 spiro atoms. The molecule has 2 aromatic rings. The van der Waals surface area contributed by atoms with Crippen LogP contribution in [0, 0.1) is 5.92 Å². The van der Waals surface area contributed by atoms with Crippen molar-refractivity contribution in [1.82, 2.24) is 9.88 Å². The van der Waals surface area contributed by atoms with Gasteiger partial charge in [0.05, 0.1) is 12.5 Å².